The predicted molar refractivity (Wildman–Crippen MR) is 120 cm³/mol. The maximum atomic E-state index is 12.6. The third kappa shape index (κ3) is 6.96. The molecular weight excluding hydrogens is 484 g/mol. The van der Waals surface area contributed by atoms with Crippen LogP contribution in [0.25, 0.3) is 0 Å². The Labute approximate surface area is 194 Å². The van der Waals surface area contributed by atoms with E-state index < -0.39 is 23.9 Å². The van der Waals surface area contributed by atoms with E-state index in [1.165, 1.54) is 33.5 Å². The van der Waals surface area contributed by atoms with E-state index >= 15 is 0 Å². The molecule has 1 amide bonds. The Morgan fingerprint density at radius 3 is 2.09 bits per heavy atom. The van der Waals surface area contributed by atoms with Crippen LogP contribution in [0.5, 0.6) is 17.2 Å². The second kappa shape index (κ2) is 12.1. The summed E-state index contributed by atoms with van der Waals surface area (Å²) in [5.41, 5.74) is 6.17. The first kappa shape index (κ1) is 25.2. The number of methoxy groups -OCH3 is 3. The highest BCUT2D eigenvalue weighted by Crippen LogP contribution is 2.38. The molecule has 2 rings (SSSR count). The van der Waals surface area contributed by atoms with E-state index in [1.807, 2.05) is 0 Å². The first-order chi connectivity index (χ1) is 15.3. The molecule has 0 saturated heterocycles. The number of halogens is 1. The molecular formula is C22H25BrN2O7. The van der Waals surface area contributed by atoms with Gasteiger partial charge in [-0.3, -0.25) is 4.79 Å². The van der Waals surface area contributed by atoms with Crippen molar-refractivity contribution in [3.63, 3.8) is 0 Å². The van der Waals surface area contributed by atoms with Crippen LogP contribution >= 0.6 is 15.9 Å². The first-order valence-corrected chi connectivity index (χ1v) is 10.4. The molecule has 0 heterocycles. The number of hydrogen-bond acceptors (Lipinski definition) is 8. The molecule has 0 aromatic heterocycles. The number of carbonyl (C=O) groups excluding carboxylic acids is 3. The molecule has 0 unspecified atom stereocenters. The maximum absolute atomic E-state index is 12.6. The van der Waals surface area contributed by atoms with E-state index in [1.54, 1.807) is 24.3 Å². The Balaban J connectivity index is 2.14. The van der Waals surface area contributed by atoms with Crippen molar-refractivity contribution in [1.82, 2.24) is 5.32 Å². The molecule has 1 atom stereocenters. The van der Waals surface area contributed by atoms with E-state index in [0.29, 0.717) is 17.2 Å². The minimum Gasteiger partial charge on any atom is -0.493 e. The number of esters is 2. The Bertz CT molecular complexity index is 938. The van der Waals surface area contributed by atoms with Crippen molar-refractivity contribution < 1.29 is 33.3 Å². The zero-order valence-electron chi connectivity index (χ0n) is 18.0. The van der Waals surface area contributed by atoms with Crippen molar-refractivity contribution in [3.05, 3.63) is 52.0 Å². The fourth-order valence-corrected chi connectivity index (χ4v) is 3.14. The summed E-state index contributed by atoms with van der Waals surface area (Å²) in [5, 5.41) is 3.00. The van der Waals surface area contributed by atoms with Crippen LogP contribution in [0, 0.1) is 0 Å². The zero-order valence-corrected chi connectivity index (χ0v) is 19.6. The lowest BCUT2D eigenvalue weighted by Gasteiger charge is -2.18. The van der Waals surface area contributed by atoms with Gasteiger partial charge in [0.1, 0.15) is 6.04 Å². The molecule has 0 aliphatic carbocycles. The summed E-state index contributed by atoms with van der Waals surface area (Å²) in [6.07, 6.45) is 0.000699. The lowest BCUT2D eigenvalue weighted by atomic mass is 10.1. The molecule has 3 N–H and O–H groups in total. The molecule has 0 spiro atoms. The quantitative estimate of drug-likeness (QED) is 0.350. The van der Waals surface area contributed by atoms with Gasteiger partial charge in [-0.25, -0.2) is 9.59 Å². The second-order valence-electron chi connectivity index (χ2n) is 6.69. The summed E-state index contributed by atoms with van der Waals surface area (Å²) < 4.78 is 21.7. The molecule has 10 heteroatoms. The summed E-state index contributed by atoms with van der Waals surface area (Å²) in [4.78, 5) is 36.2. The number of nitrogens with one attached hydrogen (secondary N) is 1. The Hall–Kier alpha value is -3.11. The van der Waals surface area contributed by atoms with Gasteiger partial charge >= 0.3 is 11.9 Å². The smallest absolute Gasteiger partial charge is 0.345 e. The zero-order chi connectivity index (χ0) is 23.7. The third-order valence-electron chi connectivity index (χ3n) is 4.51. The largest absolute Gasteiger partial charge is 0.493 e. The van der Waals surface area contributed by atoms with Gasteiger partial charge in [0, 0.05) is 17.4 Å². The highest BCUT2D eigenvalue weighted by molar-refractivity contribution is 9.10. The molecule has 0 radical (unpaired) electrons. The van der Waals surface area contributed by atoms with Gasteiger partial charge in [-0.1, -0.05) is 15.9 Å². The average Bonchev–Trinajstić information content (AvgIpc) is 2.78. The van der Waals surface area contributed by atoms with E-state index in [2.05, 4.69) is 21.2 Å². The van der Waals surface area contributed by atoms with Crippen molar-refractivity contribution in [1.29, 1.82) is 0 Å². The molecule has 32 heavy (non-hydrogen) atoms. The molecule has 0 aliphatic heterocycles. The van der Waals surface area contributed by atoms with Gasteiger partial charge in [0.2, 0.25) is 11.7 Å². The molecule has 172 valence electrons. The Morgan fingerprint density at radius 2 is 1.59 bits per heavy atom. The number of rotatable bonds is 11. The molecule has 0 saturated carbocycles. The van der Waals surface area contributed by atoms with Crippen molar-refractivity contribution in [2.75, 3.05) is 21.3 Å². The molecule has 9 nitrogen and oxygen atoms in total. The summed E-state index contributed by atoms with van der Waals surface area (Å²) in [6.45, 7) is 0.196. The Kier molecular flexibility index (Phi) is 9.48. The van der Waals surface area contributed by atoms with Gasteiger partial charge < -0.3 is 30.0 Å². The fraction of sp³-hybridized carbons (Fsp3) is 0.318. The van der Waals surface area contributed by atoms with Crippen LogP contribution < -0.4 is 25.3 Å². The summed E-state index contributed by atoms with van der Waals surface area (Å²) in [5.74, 6) is -0.844. The normalized spacial score (nSPS) is 11.4. The molecule has 2 aromatic rings. The SMILES string of the molecule is COc1cc(CN[C@@H](CCC(N)=O)C(=O)OC(=O)c2ccc(Br)cc2)cc(OC)c1OC. The van der Waals surface area contributed by atoms with Crippen molar-refractivity contribution in [2.45, 2.75) is 25.4 Å². The predicted octanol–water partition coefficient (Wildman–Crippen LogP) is 2.58. The fourth-order valence-electron chi connectivity index (χ4n) is 2.88. The van der Waals surface area contributed by atoms with Crippen LogP contribution in [-0.4, -0.2) is 45.2 Å². The van der Waals surface area contributed by atoms with Gasteiger partial charge in [0.15, 0.2) is 11.5 Å². The molecule has 0 aliphatic rings. The van der Waals surface area contributed by atoms with Crippen molar-refractivity contribution >= 4 is 33.8 Å². The number of carbonyl (C=O) groups is 3. The molecule has 2 aromatic carbocycles. The highest BCUT2D eigenvalue weighted by atomic mass is 79.9. The lowest BCUT2D eigenvalue weighted by Crippen LogP contribution is -2.39. The first-order valence-electron chi connectivity index (χ1n) is 9.61. The average molecular weight is 509 g/mol. The third-order valence-corrected chi connectivity index (χ3v) is 5.04. The number of nitrogens with two attached hydrogens (primary N) is 1. The lowest BCUT2D eigenvalue weighted by molar-refractivity contribution is -0.140. The van der Waals surface area contributed by atoms with Crippen LogP contribution in [0.4, 0.5) is 0 Å². The van der Waals surface area contributed by atoms with Crippen molar-refractivity contribution in [2.24, 2.45) is 5.73 Å². The van der Waals surface area contributed by atoms with Crippen LogP contribution in [0.1, 0.15) is 28.8 Å². The Morgan fingerprint density at radius 1 is 1.00 bits per heavy atom. The number of primary amides is 1. The monoisotopic (exact) mass is 508 g/mol. The number of hydrogen-bond donors (Lipinski definition) is 2. The molecule has 0 fully saturated rings. The minimum atomic E-state index is -0.944. The number of benzene rings is 2. The highest BCUT2D eigenvalue weighted by Gasteiger charge is 2.24. The number of amides is 1. The molecule has 0 bridgehead atoms. The summed E-state index contributed by atoms with van der Waals surface area (Å²) in [6, 6.07) is 8.88. The standard InChI is InChI=1S/C22H25BrN2O7/c1-29-17-10-13(11-18(30-2)20(17)31-3)12-25-16(8-9-19(24)26)22(28)32-21(27)14-4-6-15(23)7-5-14/h4-7,10-11,16,25H,8-9,12H2,1-3H3,(H2,24,26)/t16-/m0/s1. The van der Waals surface area contributed by atoms with Gasteiger partial charge in [-0.15, -0.1) is 0 Å². The number of ether oxygens (including phenoxy) is 4. The van der Waals surface area contributed by atoms with Gasteiger partial charge in [0.25, 0.3) is 0 Å². The van der Waals surface area contributed by atoms with Crippen molar-refractivity contribution in [3.8, 4) is 17.2 Å². The van der Waals surface area contributed by atoms with E-state index in [-0.39, 0.29) is 24.9 Å². The maximum Gasteiger partial charge on any atom is 0.345 e. The van der Waals surface area contributed by atoms with E-state index in [4.69, 9.17) is 24.7 Å². The van der Waals surface area contributed by atoms with Crippen LogP contribution in [0.15, 0.2) is 40.9 Å². The topological polar surface area (TPSA) is 126 Å². The van der Waals surface area contributed by atoms with Gasteiger partial charge in [-0.2, -0.15) is 0 Å². The van der Waals surface area contributed by atoms with Crippen LogP contribution in [0.3, 0.4) is 0 Å². The minimum absolute atomic E-state index is 0.0610. The summed E-state index contributed by atoms with van der Waals surface area (Å²) >= 11 is 3.28. The second-order valence-corrected chi connectivity index (χ2v) is 7.60. The van der Waals surface area contributed by atoms with E-state index in [0.717, 1.165) is 10.0 Å². The van der Waals surface area contributed by atoms with Crippen LogP contribution in [0.2, 0.25) is 0 Å². The van der Waals surface area contributed by atoms with Crippen LogP contribution in [-0.2, 0) is 20.9 Å². The van der Waals surface area contributed by atoms with Gasteiger partial charge in [-0.05, 0) is 48.4 Å². The van der Waals surface area contributed by atoms with E-state index in [9.17, 15) is 14.4 Å². The van der Waals surface area contributed by atoms with Gasteiger partial charge in [0.05, 0.1) is 26.9 Å². The summed E-state index contributed by atoms with van der Waals surface area (Å²) in [7, 11) is 4.49.